The number of nitrogens with one attached hydrogen (secondary N) is 1. The molecule has 110 valence electrons. The average Bonchev–Trinajstić information content (AvgIpc) is 2.97. The van der Waals surface area contributed by atoms with Crippen LogP contribution in [0.15, 0.2) is 48.5 Å². The van der Waals surface area contributed by atoms with Gasteiger partial charge in [-0.3, -0.25) is 4.79 Å². The van der Waals surface area contributed by atoms with E-state index in [9.17, 15) is 4.79 Å². The SMILES string of the molecule is N#Cc1ccc(CCC(=O)NC2CCc3ccccc32)cc1. The molecule has 1 aliphatic carbocycles. The van der Waals surface area contributed by atoms with Gasteiger partial charge in [-0.2, -0.15) is 5.26 Å². The minimum atomic E-state index is 0.0889. The number of aryl methyl sites for hydroxylation is 2. The predicted molar refractivity (Wildman–Crippen MR) is 85.1 cm³/mol. The van der Waals surface area contributed by atoms with E-state index >= 15 is 0 Å². The lowest BCUT2D eigenvalue weighted by Gasteiger charge is -2.14. The fourth-order valence-corrected chi connectivity index (χ4v) is 2.98. The first kappa shape index (κ1) is 14.3. The molecule has 1 unspecified atom stereocenters. The van der Waals surface area contributed by atoms with Crippen molar-refractivity contribution in [3.63, 3.8) is 0 Å². The van der Waals surface area contributed by atoms with Gasteiger partial charge in [-0.25, -0.2) is 0 Å². The zero-order valence-corrected chi connectivity index (χ0v) is 12.4. The van der Waals surface area contributed by atoms with Crippen LogP contribution < -0.4 is 5.32 Å². The number of benzene rings is 2. The lowest BCUT2D eigenvalue weighted by Crippen LogP contribution is -2.27. The molecule has 1 atom stereocenters. The molecule has 0 saturated heterocycles. The van der Waals surface area contributed by atoms with E-state index in [4.69, 9.17) is 5.26 Å². The molecule has 0 saturated carbocycles. The molecule has 3 nitrogen and oxygen atoms in total. The van der Waals surface area contributed by atoms with E-state index < -0.39 is 0 Å². The van der Waals surface area contributed by atoms with Crippen molar-refractivity contribution in [3.8, 4) is 6.07 Å². The van der Waals surface area contributed by atoms with Crippen LogP contribution in [-0.2, 0) is 17.6 Å². The lowest BCUT2D eigenvalue weighted by atomic mass is 10.1. The third-order valence-electron chi connectivity index (χ3n) is 4.19. The number of carbonyl (C=O) groups is 1. The molecular formula is C19H18N2O. The van der Waals surface area contributed by atoms with E-state index in [-0.39, 0.29) is 11.9 Å². The third kappa shape index (κ3) is 3.17. The van der Waals surface area contributed by atoms with Gasteiger partial charge in [0.1, 0.15) is 0 Å². The second kappa shape index (κ2) is 6.44. The minimum Gasteiger partial charge on any atom is -0.349 e. The molecular weight excluding hydrogens is 272 g/mol. The van der Waals surface area contributed by atoms with Crippen LogP contribution in [-0.4, -0.2) is 5.91 Å². The summed E-state index contributed by atoms with van der Waals surface area (Å²) in [5, 5.41) is 11.9. The number of fused-ring (bicyclic) bond motifs is 1. The van der Waals surface area contributed by atoms with Gasteiger partial charge in [0, 0.05) is 6.42 Å². The Bertz CT molecular complexity index is 713. The Balaban J connectivity index is 1.54. The van der Waals surface area contributed by atoms with E-state index in [2.05, 4.69) is 23.5 Å². The average molecular weight is 290 g/mol. The molecule has 0 bridgehead atoms. The summed E-state index contributed by atoms with van der Waals surface area (Å²) in [6, 6.07) is 18.0. The van der Waals surface area contributed by atoms with E-state index in [1.807, 2.05) is 24.3 Å². The molecule has 3 heteroatoms. The lowest BCUT2D eigenvalue weighted by molar-refractivity contribution is -0.121. The van der Waals surface area contributed by atoms with Crippen LogP contribution in [0, 0.1) is 11.3 Å². The summed E-state index contributed by atoms with van der Waals surface area (Å²) in [5.74, 6) is 0.0889. The number of hydrogen-bond donors (Lipinski definition) is 1. The van der Waals surface area contributed by atoms with Crippen molar-refractivity contribution in [2.45, 2.75) is 31.7 Å². The fraction of sp³-hybridized carbons (Fsp3) is 0.263. The number of hydrogen-bond acceptors (Lipinski definition) is 2. The van der Waals surface area contributed by atoms with Crippen molar-refractivity contribution in [2.24, 2.45) is 0 Å². The molecule has 0 aromatic heterocycles. The van der Waals surface area contributed by atoms with Crippen molar-refractivity contribution >= 4 is 5.91 Å². The van der Waals surface area contributed by atoms with Crippen molar-refractivity contribution in [3.05, 3.63) is 70.8 Å². The predicted octanol–water partition coefficient (Wildman–Crippen LogP) is 3.29. The Morgan fingerprint density at radius 1 is 1.18 bits per heavy atom. The maximum absolute atomic E-state index is 12.1. The van der Waals surface area contributed by atoms with Gasteiger partial charge in [-0.15, -0.1) is 0 Å². The first-order valence-corrected chi connectivity index (χ1v) is 7.62. The van der Waals surface area contributed by atoms with E-state index in [1.165, 1.54) is 11.1 Å². The number of carbonyl (C=O) groups excluding carboxylic acids is 1. The highest BCUT2D eigenvalue weighted by Gasteiger charge is 2.22. The first-order chi connectivity index (χ1) is 10.8. The highest BCUT2D eigenvalue weighted by Crippen LogP contribution is 2.30. The second-order valence-electron chi connectivity index (χ2n) is 5.67. The molecule has 0 aliphatic heterocycles. The van der Waals surface area contributed by atoms with Crippen LogP contribution >= 0.6 is 0 Å². The molecule has 0 fully saturated rings. The second-order valence-corrected chi connectivity index (χ2v) is 5.67. The summed E-state index contributed by atoms with van der Waals surface area (Å²) in [5.41, 5.74) is 4.34. The topological polar surface area (TPSA) is 52.9 Å². The van der Waals surface area contributed by atoms with Crippen LogP contribution in [0.4, 0.5) is 0 Å². The molecule has 2 aromatic rings. The summed E-state index contributed by atoms with van der Waals surface area (Å²) < 4.78 is 0. The fourth-order valence-electron chi connectivity index (χ4n) is 2.98. The van der Waals surface area contributed by atoms with Gasteiger partial charge in [0.25, 0.3) is 0 Å². The van der Waals surface area contributed by atoms with Gasteiger partial charge in [0.15, 0.2) is 0 Å². The van der Waals surface area contributed by atoms with E-state index in [0.29, 0.717) is 18.4 Å². The quantitative estimate of drug-likeness (QED) is 0.939. The Morgan fingerprint density at radius 3 is 2.73 bits per heavy atom. The van der Waals surface area contributed by atoms with Crippen LogP contribution in [0.1, 0.15) is 41.1 Å². The first-order valence-electron chi connectivity index (χ1n) is 7.62. The third-order valence-corrected chi connectivity index (χ3v) is 4.19. The monoisotopic (exact) mass is 290 g/mol. The van der Waals surface area contributed by atoms with Gasteiger partial charge in [-0.05, 0) is 48.1 Å². The van der Waals surface area contributed by atoms with Gasteiger partial charge < -0.3 is 5.32 Å². The highest BCUT2D eigenvalue weighted by atomic mass is 16.1. The molecule has 2 aromatic carbocycles. The minimum absolute atomic E-state index is 0.0889. The summed E-state index contributed by atoms with van der Waals surface area (Å²) >= 11 is 0. The number of amides is 1. The van der Waals surface area contributed by atoms with Crippen molar-refractivity contribution < 1.29 is 4.79 Å². The summed E-state index contributed by atoms with van der Waals surface area (Å²) in [7, 11) is 0. The normalized spacial score (nSPS) is 15.9. The van der Waals surface area contributed by atoms with Gasteiger partial charge >= 0.3 is 0 Å². The van der Waals surface area contributed by atoms with Crippen LogP contribution in [0.2, 0.25) is 0 Å². The smallest absolute Gasteiger partial charge is 0.220 e. The maximum atomic E-state index is 12.1. The molecule has 22 heavy (non-hydrogen) atoms. The Labute approximate surface area is 130 Å². The molecule has 0 spiro atoms. The molecule has 3 rings (SSSR count). The molecule has 1 amide bonds. The zero-order valence-electron chi connectivity index (χ0n) is 12.4. The standard InChI is InChI=1S/C19H18N2O/c20-13-15-7-5-14(6-8-15)9-12-19(22)21-18-11-10-16-3-1-2-4-17(16)18/h1-8,18H,9-12H2,(H,21,22). The zero-order chi connectivity index (χ0) is 15.4. The van der Waals surface area contributed by atoms with Crippen LogP contribution in [0.3, 0.4) is 0 Å². The highest BCUT2D eigenvalue weighted by molar-refractivity contribution is 5.77. The molecule has 0 radical (unpaired) electrons. The summed E-state index contributed by atoms with van der Waals surface area (Å²) in [4.78, 5) is 12.1. The molecule has 1 N–H and O–H groups in total. The Morgan fingerprint density at radius 2 is 1.95 bits per heavy atom. The van der Waals surface area contributed by atoms with Crippen molar-refractivity contribution in [1.82, 2.24) is 5.32 Å². The maximum Gasteiger partial charge on any atom is 0.220 e. The number of rotatable bonds is 4. The summed E-state index contributed by atoms with van der Waals surface area (Å²) in [6.45, 7) is 0. The van der Waals surface area contributed by atoms with Crippen molar-refractivity contribution in [1.29, 1.82) is 5.26 Å². The molecule has 0 heterocycles. The van der Waals surface area contributed by atoms with Gasteiger partial charge in [-0.1, -0.05) is 36.4 Å². The van der Waals surface area contributed by atoms with E-state index in [1.54, 1.807) is 12.1 Å². The summed E-state index contributed by atoms with van der Waals surface area (Å²) in [6.07, 6.45) is 3.20. The largest absolute Gasteiger partial charge is 0.349 e. The number of nitriles is 1. The Kier molecular flexibility index (Phi) is 4.20. The van der Waals surface area contributed by atoms with Crippen LogP contribution in [0.25, 0.3) is 0 Å². The van der Waals surface area contributed by atoms with Gasteiger partial charge in [0.05, 0.1) is 17.7 Å². The number of nitrogens with zero attached hydrogens (tertiary/aromatic N) is 1. The van der Waals surface area contributed by atoms with Crippen molar-refractivity contribution in [2.75, 3.05) is 0 Å². The Hall–Kier alpha value is -2.60. The van der Waals surface area contributed by atoms with E-state index in [0.717, 1.165) is 18.4 Å². The van der Waals surface area contributed by atoms with Gasteiger partial charge in [0.2, 0.25) is 5.91 Å². The molecule has 1 aliphatic rings. The van der Waals surface area contributed by atoms with Crippen LogP contribution in [0.5, 0.6) is 0 Å².